The van der Waals surface area contributed by atoms with Gasteiger partial charge in [0.05, 0.1) is 0 Å². The Bertz CT molecular complexity index is 1010. The first-order chi connectivity index (χ1) is 14.3. The third kappa shape index (κ3) is 3.76. The van der Waals surface area contributed by atoms with Crippen LogP contribution < -0.4 is 16.0 Å². The van der Waals surface area contributed by atoms with E-state index in [1.807, 2.05) is 32.0 Å². The Morgan fingerprint density at radius 2 is 1.70 bits per heavy atom. The number of urea groups is 2. The number of hydrogen-bond donors (Lipinski definition) is 3. The predicted molar refractivity (Wildman–Crippen MR) is 111 cm³/mol. The van der Waals surface area contributed by atoms with Crippen LogP contribution in [0.4, 0.5) is 9.59 Å². The molecule has 3 N–H and O–H groups in total. The molecular formula is C22H24N4O4. The van der Waals surface area contributed by atoms with Gasteiger partial charge in [0.1, 0.15) is 6.54 Å². The normalized spacial score (nSPS) is 18.2. The van der Waals surface area contributed by atoms with Crippen LogP contribution in [0.25, 0.3) is 0 Å². The maximum Gasteiger partial charge on any atom is 0.326 e. The summed E-state index contributed by atoms with van der Waals surface area (Å²) < 4.78 is 0. The molecule has 0 spiro atoms. The van der Waals surface area contributed by atoms with Gasteiger partial charge in [0.15, 0.2) is 5.54 Å². The van der Waals surface area contributed by atoms with Crippen molar-refractivity contribution in [2.75, 3.05) is 13.1 Å². The zero-order valence-corrected chi connectivity index (χ0v) is 17.1. The van der Waals surface area contributed by atoms with Crippen LogP contribution in [0.5, 0.6) is 0 Å². The molecule has 2 aromatic rings. The topological polar surface area (TPSA) is 108 Å². The lowest BCUT2D eigenvalue weighted by atomic mass is 9.81. The second-order valence-corrected chi connectivity index (χ2v) is 7.14. The van der Waals surface area contributed by atoms with Gasteiger partial charge in [-0.15, -0.1) is 0 Å². The van der Waals surface area contributed by atoms with Crippen molar-refractivity contribution >= 4 is 23.9 Å². The molecule has 0 aliphatic carbocycles. The van der Waals surface area contributed by atoms with Crippen molar-refractivity contribution in [3.8, 4) is 0 Å². The lowest BCUT2D eigenvalue weighted by Crippen LogP contribution is -2.47. The van der Waals surface area contributed by atoms with Crippen molar-refractivity contribution in [2.24, 2.45) is 0 Å². The van der Waals surface area contributed by atoms with Crippen LogP contribution in [0.2, 0.25) is 0 Å². The van der Waals surface area contributed by atoms with Gasteiger partial charge >= 0.3 is 12.1 Å². The van der Waals surface area contributed by atoms with Gasteiger partial charge in [-0.1, -0.05) is 48.5 Å². The van der Waals surface area contributed by atoms with Crippen LogP contribution >= 0.6 is 0 Å². The van der Waals surface area contributed by atoms with E-state index in [1.165, 1.54) is 0 Å². The van der Waals surface area contributed by atoms with Gasteiger partial charge in [-0.3, -0.25) is 19.8 Å². The van der Waals surface area contributed by atoms with E-state index in [2.05, 4.69) is 16.0 Å². The molecular weight excluding hydrogens is 384 g/mol. The number of rotatable bonds is 5. The number of amides is 6. The van der Waals surface area contributed by atoms with Crippen molar-refractivity contribution in [2.45, 2.75) is 26.3 Å². The highest BCUT2D eigenvalue weighted by Gasteiger charge is 2.54. The van der Waals surface area contributed by atoms with Crippen LogP contribution in [0, 0.1) is 13.8 Å². The summed E-state index contributed by atoms with van der Waals surface area (Å²) in [7, 11) is 0. The Kier molecular flexibility index (Phi) is 5.86. The summed E-state index contributed by atoms with van der Waals surface area (Å²) >= 11 is 0. The van der Waals surface area contributed by atoms with Crippen LogP contribution in [-0.2, 0) is 15.1 Å². The number of nitrogens with zero attached hydrogens (tertiary/aromatic N) is 1. The molecule has 1 fully saturated rings. The molecule has 1 aliphatic rings. The summed E-state index contributed by atoms with van der Waals surface area (Å²) in [5.41, 5.74) is 1.75. The molecule has 156 valence electrons. The largest absolute Gasteiger partial charge is 0.338 e. The summed E-state index contributed by atoms with van der Waals surface area (Å²) in [4.78, 5) is 50.9. The van der Waals surface area contributed by atoms with Crippen LogP contribution in [0.15, 0.2) is 48.5 Å². The number of imide groups is 2. The number of nitrogens with one attached hydrogen (secondary N) is 3. The first-order valence-corrected chi connectivity index (χ1v) is 9.64. The maximum absolute atomic E-state index is 13.5. The van der Waals surface area contributed by atoms with E-state index in [1.54, 1.807) is 37.3 Å². The van der Waals surface area contributed by atoms with Gasteiger partial charge < -0.3 is 10.6 Å². The van der Waals surface area contributed by atoms with Crippen molar-refractivity contribution < 1.29 is 19.2 Å². The Morgan fingerprint density at radius 1 is 1.00 bits per heavy atom. The van der Waals surface area contributed by atoms with Gasteiger partial charge in [0.25, 0.3) is 5.91 Å². The first-order valence-electron chi connectivity index (χ1n) is 9.64. The Morgan fingerprint density at radius 3 is 2.33 bits per heavy atom. The average molecular weight is 408 g/mol. The summed E-state index contributed by atoms with van der Waals surface area (Å²) in [6, 6.07) is 13.0. The molecule has 0 saturated carbocycles. The molecule has 1 saturated heterocycles. The van der Waals surface area contributed by atoms with Crippen molar-refractivity contribution in [3.05, 3.63) is 70.8 Å². The van der Waals surface area contributed by atoms with Crippen LogP contribution in [0.3, 0.4) is 0 Å². The summed E-state index contributed by atoms with van der Waals surface area (Å²) in [5.74, 6) is -1.33. The molecule has 2 aromatic carbocycles. The van der Waals surface area contributed by atoms with Crippen molar-refractivity contribution in [1.29, 1.82) is 0 Å². The highest BCUT2D eigenvalue weighted by Crippen LogP contribution is 2.36. The summed E-state index contributed by atoms with van der Waals surface area (Å²) in [5, 5.41) is 7.33. The zero-order valence-electron chi connectivity index (χ0n) is 17.1. The monoisotopic (exact) mass is 408 g/mol. The van der Waals surface area contributed by atoms with E-state index in [0.29, 0.717) is 17.7 Å². The minimum Gasteiger partial charge on any atom is -0.338 e. The van der Waals surface area contributed by atoms with E-state index in [4.69, 9.17) is 0 Å². The minimum atomic E-state index is -1.46. The van der Waals surface area contributed by atoms with Gasteiger partial charge in [0, 0.05) is 6.54 Å². The maximum atomic E-state index is 13.5. The molecule has 0 aromatic heterocycles. The Balaban J connectivity index is 1.99. The Labute approximate surface area is 174 Å². The molecule has 8 heteroatoms. The fourth-order valence-corrected chi connectivity index (χ4v) is 3.45. The summed E-state index contributed by atoms with van der Waals surface area (Å²) in [6.07, 6.45) is 0. The van der Waals surface area contributed by atoms with E-state index >= 15 is 0 Å². The molecule has 1 heterocycles. The average Bonchev–Trinajstić information content (AvgIpc) is 2.96. The van der Waals surface area contributed by atoms with E-state index < -0.39 is 36.0 Å². The van der Waals surface area contributed by atoms with Gasteiger partial charge in [-0.25, -0.2) is 9.59 Å². The second kappa shape index (κ2) is 8.36. The molecule has 8 nitrogen and oxygen atoms in total. The molecule has 1 aliphatic heterocycles. The number of carbonyl (C=O) groups excluding carboxylic acids is 4. The number of aryl methyl sites for hydroxylation is 2. The van der Waals surface area contributed by atoms with Gasteiger partial charge in [-0.05, 0) is 43.0 Å². The van der Waals surface area contributed by atoms with Gasteiger partial charge in [0.2, 0.25) is 5.91 Å². The molecule has 30 heavy (non-hydrogen) atoms. The Hall–Kier alpha value is -3.68. The van der Waals surface area contributed by atoms with Crippen molar-refractivity contribution in [3.63, 3.8) is 0 Å². The molecule has 0 bridgehead atoms. The number of carbonyl (C=O) groups is 4. The third-order valence-electron chi connectivity index (χ3n) is 5.14. The molecule has 0 radical (unpaired) electrons. The van der Waals surface area contributed by atoms with Crippen LogP contribution in [-0.4, -0.2) is 41.9 Å². The van der Waals surface area contributed by atoms with Crippen LogP contribution in [0.1, 0.15) is 29.2 Å². The smallest absolute Gasteiger partial charge is 0.326 e. The summed E-state index contributed by atoms with van der Waals surface area (Å²) in [6.45, 7) is 5.37. The lowest BCUT2D eigenvalue weighted by molar-refractivity contribution is -0.134. The van der Waals surface area contributed by atoms with E-state index in [0.717, 1.165) is 16.0 Å². The second-order valence-electron chi connectivity index (χ2n) is 7.14. The SMILES string of the molecule is CCNC(=O)NC(=O)CN1C(=O)NC(c2ccccc2)(c2ccc(C)c(C)c2)C1=O. The molecule has 1 unspecified atom stereocenters. The van der Waals surface area contributed by atoms with Crippen molar-refractivity contribution in [1.82, 2.24) is 20.9 Å². The number of hydrogen-bond acceptors (Lipinski definition) is 4. The fraction of sp³-hybridized carbons (Fsp3) is 0.273. The van der Waals surface area contributed by atoms with Gasteiger partial charge in [-0.2, -0.15) is 0 Å². The first kappa shape index (κ1) is 21.0. The fourth-order valence-electron chi connectivity index (χ4n) is 3.45. The quantitative estimate of drug-likeness (QED) is 0.657. The molecule has 3 rings (SSSR count). The zero-order chi connectivity index (χ0) is 21.9. The highest BCUT2D eigenvalue weighted by atomic mass is 16.2. The van der Waals surface area contributed by atoms with E-state index in [9.17, 15) is 19.2 Å². The molecule has 1 atom stereocenters. The number of benzene rings is 2. The lowest BCUT2D eigenvalue weighted by Gasteiger charge is -2.28. The molecule has 6 amide bonds. The van der Waals surface area contributed by atoms with E-state index in [-0.39, 0.29) is 0 Å². The standard InChI is InChI=1S/C22H24N4O4/c1-4-23-20(29)24-18(27)13-26-19(28)22(25-21(26)30,16-8-6-5-7-9-16)17-11-10-14(2)15(3)12-17/h5-12H,4,13H2,1-3H3,(H,25,30)(H2,23,24,27,29). The minimum absolute atomic E-state index is 0.339. The highest BCUT2D eigenvalue weighted by molar-refractivity contribution is 6.12. The third-order valence-corrected chi connectivity index (χ3v) is 5.14. The predicted octanol–water partition coefficient (Wildman–Crippen LogP) is 1.94.